The average Bonchev–Trinajstić information content (AvgIpc) is 3.18. The first kappa shape index (κ1) is 14.8. The Morgan fingerprint density at radius 2 is 2.00 bits per heavy atom. The fourth-order valence-electron chi connectivity index (χ4n) is 2.44. The number of sulfone groups is 1. The molecule has 1 fully saturated rings. The number of thioether (sulfide) groups is 1. The van der Waals surface area contributed by atoms with E-state index in [1.165, 1.54) is 0 Å². The first-order chi connectivity index (χ1) is 11.0. The van der Waals surface area contributed by atoms with E-state index in [2.05, 4.69) is 10.2 Å². The van der Waals surface area contributed by atoms with Crippen molar-refractivity contribution in [1.82, 2.24) is 10.2 Å². The van der Waals surface area contributed by atoms with Gasteiger partial charge in [-0.15, -0.1) is 10.2 Å². The van der Waals surface area contributed by atoms with Gasteiger partial charge in [0.05, 0.1) is 22.9 Å². The molecule has 8 nitrogen and oxygen atoms in total. The molecule has 23 heavy (non-hydrogen) atoms. The smallest absolute Gasteiger partial charge is 0.277 e. The van der Waals surface area contributed by atoms with Gasteiger partial charge in [0.15, 0.2) is 21.3 Å². The lowest BCUT2D eigenvalue weighted by atomic mass is 10.2. The number of aliphatic hydroxyl groups is 1. The van der Waals surface area contributed by atoms with Crippen LogP contribution in [0.4, 0.5) is 0 Å². The summed E-state index contributed by atoms with van der Waals surface area (Å²) in [6.07, 6.45) is -0.925. The molecular weight excluding hydrogens is 344 g/mol. The van der Waals surface area contributed by atoms with E-state index in [-0.39, 0.29) is 23.5 Å². The van der Waals surface area contributed by atoms with Crippen LogP contribution in [-0.4, -0.2) is 53.4 Å². The Bertz CT molecular complexity index is 850. The summed E-state index contributed by atoms with van der Waals surface area (Å²) in [4.78, 5) is 0. The van der Waals surface area contributed by atoms with Gasteiger partial charge in [0.25, 0.3) is 5.22 Å². The molecule has 0 bridgehead atoms. The fraction of sp³-hybridized carbons (Fsp3) is 0.385. The van der Waals surface area contributed by atoms with Crippen LogP contribution in [0.2, 0.25) is 0 Å². The predicted molar refractivity (Wildman–Crippen MR) is 80.2 cm³/mol. The van der Waals surface area contributed by atoms with E-state index >= 15 is 0 Å². The molecular formula is C13H12N2O6S2. The van der Waals surface area contributed by atoms with Crippen LogP contribution in [-0.2, 0) is 9.84 Å². The summed E-state index contributed by atoms with van der Waals surface area (Å²) < 4.78 is 39.1. The maximum Gasteiger partial charge on any atom is 0.277 e. The molecule has 122 valence electrons. The van der Waals surface area contributed by atoms with Crippen molar-refractivity contribution >= 4 is 21.6 Å². The highest BCUT2D eigenvalue weighted by Crippen LogP contribution is 2.37. The number of hydrogen-bond donors (Lipinski definition) is 1. The van der Waals surface area contributed by atoms with Gasteiger partial charge in [-0.3, -0.25) is 0 Å². The van der Waals surface area contributed by atoms with E-state index in [1.807, 2.05) is 0 Å². The summed E-state index contributed by atoms with van der Waals surface area (Å²) in [6.45, 7) is 0.178. The Labute approximate surface area is 135 Å². The van der Waals surface area contributed by atoms with Crippen molar-refractivity contribution in [2.75, 3.05) is 18.3 Å². The Kier molecular flexibility index (Phi) is 3.47. The number of benzene rings is 1. The summed E-state index contributed by atoms with van der Waals surface area (Å²) >= 11 is 1.08. The molecule has 0 amide bonds. The lowest BCUT2D eigenvalue weighted by Crippen LogP contribution is -2.19. The van der Waals surface area contributed by atoms with Gasteiger partial charge in [-0.1, -0.05) is 11.8 Å². The Morgan fingerprint density at radius 1 is 1.17 bits per heavy atom. The summed E-state index contributed by atoms with van der Waals surface area (Å²) in [6, 6.07) is 5.26. The standard InChI is InChI=1S/C13H12N2O6S2/c16-8-4-23(17,18)5-11(8)22-13-15-14-12(21-13)7-1-2-9-10(3-7)20-6-19-9/h1-3,8,11,16H,4-6H2/t8-,11+/m1/s1. The highest BCUT2D eigenvalue weighted by Gasteiger charge is 2.38. The Hall–Kier alpha value is -1.78. The van der Waals surface area contributed by atoms with Gasteiger partial charge in [-0.25, -0.2) is 8.42 Å². The van der Waals surface area contributed by atoms with E-state index in [1.54, 1.807) is 18.2 Å². The lowest BCUT2D eigenvalue weighted by Gasteiger charge is -2.07. The molecule has 1 saturated heterocycles. The minimum absolute atomic E-state index is 0.0967. The van der Waals surface area contributed by atoms with Crippen LogP contribution in [0.15, 0.2) is 27.8 Å². The van der Waals surface area contributed by atoms with Crippen molar-refractivity contribution in [3.63, 3.8) is 0 Å². The number of hydrogen-bond acceptors (Lipinski definition) is 9. The first-order valence-electron chi connectivity index (χ1n) is 6.79. The van der Waals surface area contributed by atoms with Crippen molar-refractivity contribution in [2.24, 2.45) is 0 Å². The van der Waals surface area contributed by atoms with E-state index < -0.39 is 21.2 Å². The van der Waals surface area contributed by atoms with E-state index in [0.717, 1.165) is 11.8 Å². The molecule has 2 atom stereocenters. The van der Waals surface area contributed by atoms with Crippen LogP contribution in [0.25, 0.3) is 11.5 Å². The van der Waals surface area contributed by atoms with E-state index in [0.29, 0.717) is 23.0 Å². The highest BCUT2D eigenvalue weighted by molar-refractivity contribution is 8.01. The minimum atomic E-state index is -3.21. The number of rotatable bonds is 3. The largest absolute Gasteiger partial charge is 0.454 e. The molecule has 0 radical (unpaired) electrons. The minimum Gasteiger partial charge on any atom is -0.454 e. The average molecular weight is 356 g/mol. The van der Waals surface area contributed by atoms with Gasteiger partial charge in [-0.2, -0.15) is 0 Å². The molecule has 0 unspecified atom stereocenters. The van der Waals surface area contributed by atoms with Gasteiger partial charge in [0.1, 0.15) is 0 Å². The molecule has 2 aliphatic heterocycles. The van der Waals surface area contributed by atoms with Crippen LogP contribution in [0.5, 0.6) is 11.5 Å². The summed E-state index contributed by atoms with van der Waals surface area (Å²) in [5, 5.41) is 17.4. The zero-order valence-electron chi connectivity index (χ0n) is 11.7. The molecule has 1 aromatic carbocycles. The molecule has 3 heterocycles. The first-order valence-corrected chi connectivity index (χ1v) is 9.49. The third kappa shape index (κ3) is 2.89. The number of fused-ring (bicyclic) bond motifs is 1. The second kappa shape index (κ2) is 5.39. The molecule has 2 aliphatic rings. The van der Waals surface area contributed by atoms with Crippen molar-refractivity contribution in [3.8, 4) is 23.0 Å². The van der Waals surface area contributed by atoms with Crippen LogP contribution >= 0.6 is 11.8 Å². The molecule has 2 aromatic rings. The van der Waals surface area contributed by atoms with Gasteiger partial charge in [0.2, 0.25) is 12.7 Å². The van der Waals surface area contributed by atoms with Gasteiger partial charge in [0, 0.05) is 5.56 Å². The van der Waals surface area contributed by atoms with Gasteiger partial charge < -0.3 is 19.0 Å². The summed E-state index contributed by atoms with van der Waals surface area (Å²) in [5.41, 5.74) is 0.674. The molecule has 1 aromatic heterocycles. The Morgan fingerprint density at radius 3 is 2.78 bits per heavy atom. The van der Waals surface area contributed by atoms with Crippen molar-refractivity contribution < 1.29 is 27.4 Å². The van der Waals surface area contributed by atoms with E-state index in [4.69, 9.17) is 13.9 Å². The SMILES string of the molecule is O=S1(=O)C[C@@H](O)[C@@H](Sc2nnc(-c3ccc4c(c3)OCO4)o2)C1. The number of aromatic nitrogens is 2. The molecule has 0 saturated carbocycles. The summed E-state index contributed by atoms with van der Waals surface area (Å²) in [5.74, 6) is 1.23. The Balaban J connectivity index is 1.53. The van der Waals surface area contributed by atoms with E-state index in [9.17, 15) is 13.5 Å². The normalized spacial score (nSPS) is 24.9. The maximum absolute atomic E-state index is 11.5. The quantitative estimate of drug-likeness (QED) is 0.850. The van der Waals surface area contributed by atoms with Crippen LogP contribution < -0.4 is 9.47 Å². The molecule has 1 N–H and O–H groups in total. The van der Waals surface area contributed by atoms with Crippen LogP contribution in [0.3, 0.4) is 0 Å². The van der Waals surface area contributed by atoms with Crippen LogP contribution in [0.1, 0.15) is 0 Å². The second-order valence-corrected chi connectivity index (χ2v) is 8.59. The molecule has 10 heteroatoms. The maximum atomic E-state index is 11.5. The third-order valence-electron chi connectivity index (χ3n) is 3.55. The van der Waals surface area contributed by atoms with Crippen molar-refractivity contribution in [2.45, 2.75) is 16.6 Å². The molecule has 0 aliphatic carbocycles. The predicted octanol–water partition coefficient (Wildman–Crippen LogP) is 0.715. The lowest BCUT2D eigenvalue weighted by molar-refractivity contribution is 0.174. The molecule has 4 rings (SSSR count). The topological polar surface area (TPSA) is 112 Å². The number of aliphatic hydroxyl groups excluding tert-OH is 1. The van der Waals surface area contributed by atoms with Gasteiger partial charge >= 0.3 is 0 Å². The fourth-order valence-corrected chi connectivity index (χ4v) is 5.80. The van der Waals surface area contributed by atoms with Crippen LogP contribution in [0, 0.1) is 0 Å². The second-order valence-electron chi connectivity index (χ2n) is 5.24. The highest BCUT2D eigenvalue weighted by atomic mass is 32.2. The zero-order valence-corrected chi connectivity index (χ0v) is 13.3. The zero-order chi connectivity index (χ0) is 16.0. The monoisotopic (exact) mass is 356 g/mol. The summed E-state index contributed by atoms with van der Waals surface area (Å²) in [7, 11) is -3.21. The van der Waals surface area contributed by atoms with Crippen molar-refractivity contribution in [3.05, 3.63) is 18.2 Å². The number of ether oxygens (including phenoxy) is 2. The van der Waals surface area contributed by atoms with Gasteiger partial charge in [-0.05, 0) is 18.2 Å². The molecule has 0 spiro atoms. The van der Waals surface area contributed by atoms with Crippen molar-refractivity contribution in [1.29, 1.82) is 0 Å². The third-order valence-corrected chi connectivity index (χ3v) is 6.63. The number of nitrogens with zero attached hydrogens (tertiary/aromatic N) is 2.